The van der Waals surface area contributed by atoms with E-state index in [-0.39, 0.29) is 22.2 Å². The maximum absolute atomic E-state index is 13.4. The molecule has 23 heavy (non-hydrogen) atoms. The smallest absolute Gasteiger partial charge is 0.253 e. The third-order valence-corrected chi connectivity index (χ3v) is 3.81. The number of rotatable bonds is 5. The highest BCUT2D eigenvalue weighted by molar-refractivity contribution is 6.36. The maximum atomic E-state index is 13.4. The van der Waals surface area contributed by atoms with Crippen LogP contribution in [0, 0.1) is 5.82 Å². The number of methoxy groups -OCH3 is 1. The number of carbonyl (C=O) groups excluding carboxylic acids is 1. The zero-order valence-electron chi connectivity index (χ0n) is 12.1. The topological polar surface area (TPSA) is 58.6 Å². The van der Waals surface area contributed by atoms with Crippen LogP contribution in [0.5, 0.6) is 5.75 Å². The first-order valence-corrected chi connectivity index (χ1v) is 7.43. The molecule has 1 amide bonds. The van der Waals surface area contributed by atoms with Gasteiger partial charge in [0.1, 0.15) is 11.6 Å². The van der Waals surface area contributed by atoms with Crippen molar-refractivity contribution >= 4 is 29.1 Å². The molecule has 0 aliphatic rings. The first kappa shape index (κ1) is 17.5. The molecule has 2 N–H and O–H groups in total. The Bertz CT molecular complexity index is 724. The molecule has 0 radical (unpaired) electrons. The van der Waals surface area contributed by atoms with Gasteiger partial charge in [-0.3, -0.25) is 4.79 Å². The van der Waals surface area contributed by atoms with E-state index in [1.165, 1.54) is 7.11 Å². The van der Waals surface area contributed by atoms with Crippen molar-refractivity contribution in [3.63, 3.8) is 0 Å². The summed E-state index contributed by atoms with van der Waals surface area (Å²) in [7, 11) is 1.49. The predicted octanol–water partition coefficient (Wildman–Crippen LogP) is 3.60. The molecule has 0 heterocycles. The lowest BCUT2D eigenvalue weighted by Gasteiger charge is -2.15. The molecule has 2 aromatic rings. The van der Waals surface area contributed by atoms with Gasteiger partial charge in [-0.1, -0.05) is 41.4 Å². The number of hydrogen-bond donors (Lipinski definition) is 2. The maximum Gasteiger partial charge on any atom is 0.253 e. The molecule has 0 spiro atoms. The molecule has 1 unspecified atom stereocenters. The fraction of sp³-hybridized carbons (Fsp3) is 0.188. The fourth-order valence-corrected chi connectivity index (χ4v) is 2.50. The zero-order chi connectivity index (χ0) is 17.0. The second-order valence-electron chi connectivity index (χ2n) is 4.71. The molecule has 0 aromatic heterocycles. The Morgan fingerprint density at radius 2 is 2.00 bits per heavy atom. The average molecular weight is 358 g/mol. The van der Waals surface area contributed by atoms with Gasteiger partial charge in [0.15, 0.2) is 0 Å². The number of nitrogens with one attached hydrogen (secondary N) is 1. The number of carbonyl (C=O) groups is 1. The first-order valence-electron chi connectivity index (χ1n) is 6.67. The van der Waals surface area contributed by atoms with E-state index < -0.39 is 17.8 Å². The lowest BCUT2D eigenvalue weighted by atomic mass is 10.1. The molecule has 7 heteroatoms. The van der Waals surface area contributed by atoms with Gasteiger partial charge >= 0.3 is 0 Å². The second kappa shape index (κ2) is 7.64. The van der Waals surface area contributed by atoms with Gasteiger partial charge in [0.2, 0.25) is 0 Å². The van der Waals surface area contributed by atoms with Crippen molar-refractivity contribution in [2.75, 3.05) is 13.7 Å². The van der Waals surface area contributed by atoms with Crippen LogP contribution in [-0.4, -0.2) is 24.7 Å². The molecule has 0 aliphatic carbocycles. The highest BCUT2D eigenvalue weighted by atomic mass is 35.5. The molecule has 2 rings (SSSR count). The van der Waals surface area contributed by atoms with Gasteiger partial charge in [0, 0.05) is 12.1 Å². The molecule has 0 bridgehead atoms. The molecular weight excluding hydrogens is 344 g/mol. The van der Waals surface area contributed by atoms with Gasteiger partial charge in [-0.2, -0.15) is 0 Å². The van der Waals surface area contributed by atoms with Crippen molar-refractivity contribution in [3.05, 3.63) is 63.4 Å². The minimum Gasteiger partial charge on any atom is -0.496 e. The molecule has 0 saturated carbocycles. The third kappa shape index (κ3) is 4.13. The number of amides is 1. The van der Waals surface area contributed by atoms with E-state index >= 15 is 0 Å². The summed E-state index contributed by atoms with van der Waals surface area (Å²) in [5, 5.41) is 12.5. The number of para-hydroxylation sites is 1. The normalized spacial score (nSPS) is 11.9. The van der Waals surface area contributed by atoms with Crippen LogP contribution in [0.15, 0.2) is 36.4 Å². The van der Waals surface area contributed by atoms with E-state index in [2.05, 4.69) is 5.32 Å². The van der Waals surface area contributed by atoms with Gasteiger partial charge in [0.25, 0.3) is 5.91 Å². The zero-order valence-corrected chi connectivity index (χ0v) is 13.7. The van der Waals surface area contributed by atoms with Crippen LogP contribution in [0.2, 0.25) is 10.0 Å². The lowest BCUT2D eigenvalue weighted by Crippen LogP contribution is -2.28. The van der Waals surface area contributed by atoms with Crippen molar-refractivity contribution in [2.45, 2.75) is 6.10 Å². The highest BCUT2D eigenvalue weighted by Gasteiger charge is 2.17. The van der Waals surface area contributed by atoms with Crippen LogP contribution in [0.3, 0.4) is 0 Å². The van der Waals surface area contributed by atoms with Crippen LogP contribution in [-0.2, 0) is 0 Å². The number of halogens is 3. The van der Waals surface area contributed by atoms with Crippen molar-refractivity contribution in [1.29, 1.82) is 0 Å². The molecule has 0 aliphatic heterocycles. The standard InChI is InChI=1S/C16H14Cl2FNO3/c1-23-15-5-3-2-4-9(15)14(21)8-20-16(22)10-6-13(19)12(18)7-11(10)17/h2-7,14,21H,8H2,1H3,(H,20,22). The Hall–Kier alpha value is -1.82. The predicted molar refractivity (Wildman–Crippen MR) is 86.7 cm³/mol. The van der Waals surface area contributed by atoms with Crippen molar-refractivity contribution in [2.24, 2.45) is 0 Å². The number of ether oxygens (including phenoxy) is 1. The van der Waals surface area contributed by atoms with E-state index in [1.807, 2.05) is 0 Å². The van der Waals surface area contributed by atoms with Gasteiger partial charge in [-0.05, 0) is 18.2 Å². The van der Waals surface area contributed by atoms with Crippen LogP contribution in [0.1, 0.15) is 22.0 Å². The Kier molecular flexibility index (Phi) is 5.82. The Morgan fingerprint density at radius 1 is 1.30 bits per heavy atom. The fourth-order valence-electron chi connectivity index (χ4n) is 2.03. The molecule has 1 atom stereocenters. The monoisotopic (exact) mass is 357 g/mol. The SMILES string of the molecule is COc1ccccc1C(O)CNC(=O)c1cc(F)c(Cl)cc1Cl. The summed E-state index contributed by atoms with van der Waals surface area (Å²) >= 11 is 11.5. The van der Waals surface area contributed by atoms with E-state index in [0.29, 0.717) is 11.3 Å². The summed E-state index contributed by atoms with van der Waals surface area (Å²) < 4.78 is 18.6. The summed E-state index contributed by atoms with van der Waals surface area (Å²) in [6.45, 7) is -0.0836. The lowest BCUT2D eigenvalue weighted by molar-refractivity contribution is 0.0914. The Morgan fingerprint density at radius 3 is 2.70 bits per heavy atom. The van der Waals surface area contributed by atoms with E-state index in [4.69, 9.17) is 27.9 Å². The summed E-state index contributed by atoms with van der Waals surface area (Å²) in [6.07, 6.45) is -0.981. The molecule has 4 nitrogen and oxygen atoms in total. The molecular formula is C16H14Cl2FNO3. The number of hydrogen-bond acceptors (Lipinski definition) is 3. The molecule has 0 saturated heterocycles. The minimum atomic E-state index is -0.981. The molecule has 2 aromatic carbocycles. The van der Waals surface area contributed by atoms with E-state index in [0.717, 1.165) is 12.1 Å². The van der Waals surface area contributed by atoms with Gasteiger partial charge in [-0.15, -0.1) is 0 Å². The number of aliphatic hydroxyl groups is 1. The average Bonchev–Trinajstić information content (AvgIpc) is 2.55. The van der Waals surface area contributed by atoms with Crippen molar-refractivity contribution < 1.29 is 19.0 Å². The second-order valence-corrected chi connectivity index (χ2v) is 5.53. The summed E-state index contributed by atoms with van der Waals surface area (Å²) in [4.78, 5) is 12.1. The van der Waals surface area contributed by atoms with Crippen LogP contribution >= 0.6 is 23.2 Å². The van der Waals surface area contributed by atoms with Gasteiger partial charge in [-0.25, -0.2) is 4.39 Å². The van der Waals surface area contributed by atoms with Gasteiger partial charge < -0.3 is 15.2 Å². The first-order chi connectivity index (χ1) is 10.9. The summed E-state index contributed by atoms with van der Waals surface area (Å²) in [5.41, 5.74) is 0.476. The molecule has 0 fully saturated rings. The van der Waals surface area contributed by atoms with E-state index in [1.54, 1.807) is 24.3 Å². The molecule has 122 valence electrons. The summed E-state index contributed by atoms with van der Waals surface area (Å²) in [6, 6.07) is 9.01. The quantitative estimate of drug-likeness (QED) is 0.803. The van der Waals surface area contributed by atoms with Crippen LogP contribution in [0.4, 0.5) is 4.39 Å². The Labute approximate surface area is 142 Å². The number of aliphatic hydroxyl groups excluding tert-OH is 1. The third-order valence-electron chi connectivity index (χ3n) is 3.21. The van der Waals surface area contributed by atoms with Gasteiger partial charge in [0.05, 0.1) is 28.8 Å². The van der Waals surface area contributed by atoms with Crippen LogP contribution < -0.4 is 10.1 Å². The number of benzene rings is 2. The minimum absolute atomic E-state index is 0.0284. The van der Waals surface area contributed by atoms with E-state index in [9.17, 15) is 14.3 Å². The summed E-state index contributed by atoms with van der Waals surface area (Å²) in [5.74, 6) is -0.851. The van der Waals surface area contributed by atoms with Crippen molar-refractivity contribution in [3.8, 4) is 5.75 Å². The van der Waals surface area contributed by atoms with Crippen LogP contribution in [0.25, 0.3) is 0 Å². The largest absolute Gasteiger partial charge is 0.496 e. The van der Waals surface area contributed by atoms with Crippen molar-refractivity contribution in [1.82, 2.24) is 5.32 Å². The Balaban J connectivity index is 2.08. The highest BCUT2D eigenvalue weighted by Crippen LogP contribution is 2.26.